The first-order chi connectivity index (χ1) is 11.4. The van der Waals surface area contributed by atoms with E-state index in [4.69, 9.17) is 10.5 Å². The molecule has 0 radical (unpaired) electrons. The maximum Gasteiger partial charge on any atom is 0.159 e. The number of nitrogens with zero attached hydrogens (tertiary/aromatic N) is 4. The van der Waals surface area contributed by atoms with Crippen molar-refractivity contribution in [2.24, 2.45) is 16.1 Å². The number of thioether (sulfide) groups is 1. The van der Waals surface area contributed by atoms with Gasteiger partial charge in [0.2, 0.25) is 0 Å². The highest BCUT2D eigenvalue weighted by Crippen LogP contribution is 2.49. The van der Waals surface area contributed by atoms with Crippen molar-refractivity contribution in [1.82, 2.24) is 14.8 Å². The van der Waals surface area contributed by atoms with Crippen LogP contribution in [0.25, 0.3) is 5.70 Å². The number of nitrogens with two attached hydrogens (primary N) is 1. The zero-order valence-corrected chi connectivity index (χ0v) is 15.0. The monoisotopic (exact) mass is 343 g/mol. The average molecular weight is 343 g/mol. The van der Waals surface area contributed by atoms with Gasteiger partial charge in [-0.1, -0.05) is 50.7 Å². The number of rotatable bonds is 3. The van der Waals surface area contributed by atoms with E-state index in [9.17, 15) is 0 Å². The van der Waals surface area contributed by atoms with E-state index < -0.39 is 0 Å². The molecule has 0 saturated heterocycles. The number of hydrogen-bond donors (Lipinski definition) is 1. The summed E-state index contributed by atoms with van der Waals surface area (Å²) in [6.45, 7) is 6.35. The predicted octanol–water partition coefficient (Wildman–Crippen LogP) is 3.30. The van der Waals surface area contributed by atoms with Crippen LogP contribution in [0.5, 0.6) is 5.75 Å². The largest absolute Gasteiger partial charge is 0.496 e. The van der Waals surface area contributed by atoms with Crippen LogP contribution in [0.1, 0.15) is 31.6 Å². The molecule has 7 heteroatoms. The highest BCUT2D eigenvalue weighted by molar-refractivity contribution is 8.14. The quantitative estimate of drug-likeness (QED) is 0.925. The molecular formula is C17H21N5OS. The first-order valence-corrected chi connectivity index (χ1v) is 8.53. The fourth-order valence-corrected chi connectivity index (χ4v) is 3.74. The molecule has 3 rings (SSSR count). The van der Waals surface area contributed by atoms with Gasteiger partial charge in [-0.3, -0.25) is 0 Å². The van der Waals surface area contributed by atoms with Crippen LogP contribution in [-0.2, 0) is 0 Å². The second kappa shape index (κ2) is 6.32. The predicted molar refractivity (Wildman–Crippen MR) is 97.6 cm³/mol. The lowest BCUT2D eigenvalue weighted by molar-refractivity contribution is 0.410. The van der Waals surface area contributed by atoms with E-state index in [2.05, 4.69) is 35.8 Å². The summed E-state index contributed by atoms with van der Waals surface area (Å²) in [5.74, 6) is 0.815. The molecule has 0 amide bonds. The van der Waals surface area contributed by atoms with Gasteiger partial charge < -0.3 is 10.5 Å². The molecule has 24 heavy (non-hydrogen) atoms. The molecule has 2 aromatic rings. The van der Waals surface area contributed by atoms with Crippen molar-refractivity contribution >= 4 is 22.6 Å². The second-order valence-electron chi connectivity index (χ2n) is 6.51. The fraction of sp³-hybridized carbons (Fsp3) is 0.353. The number of hydrogen-bond acceptors (Lipinski definition) is 6. The van der Waals surface area contributed by atoms with Crippen LogP contribution in [0.2, 0.25) is 0 Å². The number of methoxy groups -OCH3 is 1. The Bertz CT molecular complexity index is 790. The van der Waals surface area contributed by atoms with Crippen molar-refractivity contribution in [3.63, 3.8) is 0 Å². The van der Waals surface area contributed by atoms with Crippen LogP contribution in [-0.4, -0.2) is 27.0 Å². The van der Waals surface area contributed by atoms with Gasteiger partial charge >= 0.3 is 0 Å². The third-order valence-electron chi connectivity index (χ3n) is 3.75. The number of benzene rings is 1. The molecule has 0 bridgehead atoms. The number of aromatic nitrogens is 3. The summed E-state index contributed by atoms with van der Waals surface area (Å²) in [4.78, 5) is 8.73. The molecule has 126 valence electrons. The molecule has 0 spiro atoms. The molecule has 1 aromatic heterocycles. The summed E-state index contributed by atoms with van der Waals surface area (Å²) in [7, 11) is 1.67. The lowest BCUT2D eigenvalue weighted by Gasteiger charge is -2.32. The van der Waals surface area contributed by atoms with Crippen LogP contribution in [0.3, 0.4) is 0 Å². The summed E-state index contributed by atoms with van der Waals surface area (Å²) in [6, 6.07) is 7.95. The van der Waals surface area contributed by atoms with Crippen LogP contribution in [0, 0.1) is 5.41 Å². The lowest BCUT2D eigenvalue weighted by Crippen LogP contribution is -2.24. The number of amidine groups is 1. The average Bonchev–Trinajstić information content (AvgIpc) is 3.07. The fourth-order valence-electron chi connectivity index (χ4n) is 2.70. The third kappa shape index (κ3) is 3.03. The summed E-state index contributed by atoms with van der Waals surface area (Å²) in [6.07, 6.45) is 3.22. The van der Waals surface area contributed by atoms with Crippen molar-refractivity contribution < 1.29 is 4.74 Å². The van der Waals surface area contributed by atoms with Gasteiger partial charge in [-0.15, -0.1) is 0 Å². The van der Waals surface area contributed by atoms with Gasteiger partial charge in [-0.2, -0.15) is 5.10 Å². The normalized spacial score (nSPS) is 18.5. The highest BCUT2D eigenvalue weighted by Gasteiger charge is 2.35. The molecule has 1 aliphatic rings. The van der Waals surface area contributed by atoms with Crippen LogP contribution in [0.15, 0.2) is 47.6 Å². The standard InChI is InChI=1S/C17H21N5OS/c1-17(2,3)15-13(22-10-19-9-20-22)14(24-16(18)21-15)11-7-5-6-8-12(11)23-4/h5-10,14H,1-4H3,(H2,18,21). The zero-order chi connectivity index (χ0) is 17.3. The molecule has 2 heterocycles. The maximum absolute atomic E-state index is 6.15. The molecular weight excluding hydrogens is 322 g/mol. The van der Waals surface area contributed by atoms with Crippen LogP contribution in [0.4, 0.5) is 0 Å². The van der Waals surface area contributed by atoms with Gasteiger partial charge in [0, 0.05) is 11.0 Å². The molecule has 6 nitrogen and oxygen atoms in total. The highest BCUT2D eigenvalue weighted by atomic mass is 32.2. The van der Waals surface area contributed by atoms with Gasteiger partial charge in [0.25, 0.3) is 0 Å². The minimum Gasteiger partial charge on any atom is -0.496 e. The summed E-state index contributed by atoms with van der Waals surface area (Å²) in [5, 5.41) is 4.81. The van der Waals surface area contributed by atoms with E-state index in [1.165, 1.54) is 18.1 Å². The van der Waals surface area contributed by atoms with Crippen LogP contribution >= 0.6 is 11.8 Å². The SMILES string of the molecule is COc1ccccc1C1SC(N)=NC(C(C)(C)C)=C1n1cncn1. The summed E-state index contributed by atoms with van der Waals surface area (Å²) in [5.41, 5.74) is 8.86. The van der Waals surface area contributed by atoms with Crippen LogP contribution < -0.4 is 10.5 Å². The summed E-state index contributed by atoms with van der Waals surface area (Å²) >= 11 is 1.50. The molecule has 0 aliphatic carbocycles. The van der Waals surface area contributed by atoms with Gasteiger partial charge in [0.05, 0.1) is 23.8 Å². The first-order valence-electron chi connectivity index (χ1n) is 7.65. The molecule has 0 fully saturated rings. The Hall–Kier alpha value is -2.28. The van der Waals surface area contributed by atoms with Gasteiger partial charge in [0.15, 0.2) is 5.17 Å². The Morgan fingerprint density at radius 1 is 1.25 bits per heavy atom. The Balaban J connectivity index is 2.25. The molecule has 1 atom stereocenters. The molecule has 2 N–H and O–H groups in total. The Labute approximate surface area is 145 Å². The molecule has 1 aliphatic heterocycles. The topological polar surface area (TPSA) is 78.3 Å². The van der Waals surface area contributed by atoms with E-state index >= 15 is 0 Å². The van der Waals surface area contributed by atoms with Crippen molar-refractivity contribution in [2.45, 2.75) is 26.0 Å². The van der Waals surface area contributed by atoms with E-state index in [-0.39, 0.29) is 10.7 Å². The van der Waals surface area contributed by atoms with E-state index in [0.717, 1.165) is 22.7 Å². The van der Waals surface area contributed by atoms with Gasteiger partial charge in [0.1, 0.15) is 18.4 Å². The smallest absolute Gasteiger partial charge is 0.159 e. The van der Waals surface area contributed by atoms with Crippen molar-refractivity contribution in [1.29, 1.82) is 0 Å². The van der Waals surface area contributed by atoms with Crippen molar-refractivity contribution in [3.8, 4) is 5.75 Å². The lowest BCUT2D eigenvalue weighted by atomic mass is 9.89. The Morgan fingerprint density at radius 2 is 2.00 bits per heavy atom. The number of para-hydroxylation sites is 1. The van der Waals surface area contributed by atoms with E-state index in [0.29, 0.717) is 5.17 Å². The van der Waals surface area contributed by atoms with Gasteiger partial charge in [-0.25, -0.2) is 14.7 Å². The van der Waals surface area contributed by atoms with E-state index in [1.807, 2.05) is 24.3 Å². The minimum absolute atomic E-state index is 0.0745. The number of ether oxygens (including phenoxy) is 1. The van der Waals surface area contributed by atoms with Crippen molar-refractivity contribution in [2.75, 3.05) is 7.11 Å². The van der Waals surface area contributed by atoms with E-state index in [1.54, 1.807) is 18.1 Å². The number of allylic oxidation sites excluding steroid dienone is 1. The number of aliphatic imine (C=N–C) groups is 1. The van der Waals surface area contributed by atoms with Crippen molar-refractivity contribution in [3.05, 3.63) is 48.2 Å². The maximum atomic E-state index is 6.15. The zero-order valence-electron chi connectivity index (χ0n) is 14.2. The van der Waals surface area contributed by atoms with Gasteiger partial charge in [-0.05, 0) is 6.07 Å². The molecule has 0 saturated carbocycles. The Morgan fingerprint density at radius 3 is 2.62 bits per heavy atom. The second-order valence-corrected chi connectivity index (χ2v) is 7.64. The third-order valence-corrected chi connectivity index (χ3v) is 4.79. The molecule has 1 aromatic carbocycles. The summed E-state index contributed by atoms with van der Waals surface area (Å²) < 4.78 is 7.34. The first kappa shape index (κ1) is 16.6. The minimum atomic E-state index is -0.187. The molecule has 1 unspecified atom stereocenters. The Kier molecular flexibility index (Phi) is 4.36.